The van der Waals surface area contributed by atoms with E-state index in [0.29, 0.717) is 39.1 Å². The zero-order chi connectivity index (χ0) is 18.1. The summed E-state index contributed by atoms with van der Waals surface area (Å²) in [6, 6.07) is -0.0206. The van der Waals surface area contributed by atoms with Crippen molar-refractivity contribution in [2.45, 2.75) is 32.7 Å². The van der Waals surface area contributed by atoms with Gasteiger partial charge in [-0.05, 0) is 33.9 Å². The molecule has 0 bridgehead atoms. The first kappa shape index (κ1) is 20.2. The normalized spacial score (nSPS) is 15.3. The van der Waals surface area contributed by atoms with Crippen LogP contribution in [0.4, 0.5) is 4.79 Å². The minimum atomic E-state index is -0.313. The van der Waals surface area contributed by atoms with Crippen LogP contribution in [0.25, 0.3) is 0 Å². The van der Waals surface area contributed by atoms with Crippen LogP contribution in [0.2, 0.25) is 0 Å². The number of carbonyl (C=O) groups excluding carboxylic acids is 3. The maximum atomic E-state index is 12.0. The molecule has 0 aliphatic carbocycles. The Bertz CT molecular complexity index is 434. The SMILES string of the molecule is CCOC(=O)N1CCC(N(CC(=O)NCCN(C)C)C(C)=O)CC1. The Morgan fingerprint density at radius 3 is 2.33 bits per heavy atom. The van der Waals surface area contributed by atoms with Gasteiger partial charge in [-0.1, -0.05) is 0 Å². The first-order chi connectivity index (χ1) is 11.3. The molecule has 1 aliphatic rings. The number of amides is 3. The lowest BCUT2D eigenvalue weighted by Crippen LogP contribution is -2.51. The van der Waals surface area contributed by atoms with Gasteiger partial charge in [0.05, 0.1) is 13.2 Å². The molecule has 1 N–H and O–H groups in total. The van der Waals surface area contributed by atoms with Crippen molar-refractivity contribution in [3.63, 3.8) is 0 Å². The Balaban J connectivity index is 2.47. The molecule has 0 spiro atoms. The van der Waals surface area contributed by atoms with Crippen LogP contribution in [-0.4, -0.2) is 92.1 Å². The highest BCUT2D eigenvalue weighted by atomic mass is 16.6. The lowest BCUT2D eigenvalue weighted by molar-refractivity contribution is -0.137. The molecule has 0 aromatic heterocycles. The molecule has 1 heterocycles. The topological polar surface area (TPSA) is 82.2 Å². The third-order valence-corrected chi connectivity index (χ3v) is 4.03. The molecular formula is C16H30N4O4. The fourth-order valence-electron chi connectivity index (χ4n) is 2.70. The molecule has 24 heavy (non-hydrogen) atoms. The van der Waals surface area contributed by atoms with Crippen LogP contribution in [0.15, 0.2) is 0 Å². The van der Waals surface area contributed by atoms with Gasteiger partial charge in [0.15, 0.2) is 0 Å². The minimum Gasteiger partial charge on any atom is -0.450 e. The summed E-state index contributed by atoms with van der Waals surface area (Å²) in [6.45, 7) is 6.05. The van der Waals surface area contributed by atoms with Crippen molar-refractivity contribution in [3.05, 3.63) is 0 Å². The van der Waals surface area contributed by atoms with Gasteiger partial charge in [-0.2, -0.15) is 0 Å². The highest BCUT2D eigenvalue weighted by Crippen LogP contribution is 2.17. The van der Waals surface area contributed by atoms with E-state index in [4.69, 9.17) is 4.74 Å². The molecule has 0 aromatic carbocycles. The smallest absolute Gasteiger partial charge is 0.409 e. The van der Waals surface area contributed by atoms with Gasteiger partial charge < -0.3 is 24.8 Å². The fraction of sp³-hybridized carbons (Fsp3) is 0.812. The zero-order valence-electron chi connectivity index (χ0n) is 15.2. The molecule has 8 nitrogen and oxygen atoms in total. The number of rotatable bonds is 7. The summed E-state index contributed by atoms with van der Waals surface area (Å²) < 4.78 is 4.99. The number of likely N-dealkylation sites (tertiary alicyclic amines) is 1. The Kier molecular flexibility index (Phi) is 8.53. The van der Waals surface area contributed by atoms with Gasteiger partial charge in [0, 0.05) is 39.1 Å². The van der Waals surface area contributed by atoms with Gasteiger partial charge >= 0.3 is 6.09 Å². The summed E-state index contributed by atoms with van der Waals surface area (Å²) >= 11 is 0. The zero-order valence-corrected chi connectivity index (χ0v) is 15.2. The molecule has 1 rings (SSSR count). The molecule has 3 amide bonds. The van der Waals surface area contributed by atoms with E-state index < -0.39 is 0 Å². The molecule has 0 radical (unpaired) electrons. The lowest BCUT2D eigenvalue weighted by atomic mass is 10.0. The first-order valence-corrected chi connectivity index (χ1v) is 8.45. The van der Waals surface area contributed by atoms with Gasteiger partial charge in [-0.3, -0.25) is 9.59 Å². The fourth-order valence-corrected chi connectivity index (χ4v) is 2.70. The van der Waals surface area contributed by atoms with Crippen LogP contribution >= 0.6 is 0 Å². The second kappa shape index (κ2) is 10.1. The van der Waals surface area contributed by atoms with Gasteiger partial charge in [-0.15, -0.1) is 0 Å². The molecule has 0 aromatic rings. The summed E-state index contributed by atoms with van der Waals surface area (Å²) in [7, 11) is 3.87. The first-order valence-electron chi connectivity index (χ1n) is 8.45. The largest absolute Gasteiger partial charge is 0.450 e. The molecule has 0 saturated carbocycles. The monoisotopic (exact) mass is 342 g/mol. The van der Waals surface area contributed by atoms with Gasteiger partial charge in [0.1, 0.15) is 0 Å². The summed E-state index contributed by atoms with van der Waals surface area (Å²) in [5.74, 6) is -0.271. The molecule has 1 saturated heterocycles. The standard InChI is InChI=1S/C16H30N4O4/c1-5-24-16(23)19-9-6-14(7-10-19)20(13(2)21)12-15(22)17-8-11-18(3)4/h14H,5-12H2,1-4H3,(H,17,22). The number of nitrogens with one attached hydrogen (secondary N) is 1. The van der Waals surface area contributed by atoms with Crippen LogP contribution in [0.3, 0.4) is 0 Å². The number of hydrogen-bond donors (Lipinski definition) is 1. The lowest BCUT2D eigenvalue weighted by Gasteiger charge is -2.37. The highest BCUT2D eigenvalue weighted by molar-refractivity contribution is 5.84. The molecule has 8 heteroatoms. The second-order valence-corrected chi connectivity index (χ2v) is 6.22. The Morgan fingerprint density at radius 2 is 1.83 bits per heavy atom. The summed E-state index contributed by atoms with van der Waals surface area (Å²) in [4.78, 5) is 40.9. The van der Waals surface area contributed by atoms with Gasteiger partial charge in [0.2, 0.25) is 11.8 Å². The molecule has 1 fully saturated rings. The van der Waals surface area contributed by atoms with E-state index in [-0.39, 0.29) is 30.5 Å². The molecule has 0 atom stereocenters. The van der Waals surface area contributed by atoms with Crippen molar-refractivity contribution >= 4 is 17.9 Å². The minimum absolute atomic E-state index is 0.0206. The van der Waals surface area contributed by atoms with Crippen molar-refractivity contribution in [3.8, 4) is 0 Å². The van der Waals surface area contributed by atoms with Crippen molar-refractivity contribution in [1.82, 2.24) is 20.0 Å². The van der Waals surface area contributed by atoms with Crippen LogP contribution in [0, 0.1) is 0 Å². The van der Waals surface area contributed by atoms with Crippen LogP contribution in [-0.2, 0) is 14.3 Å². The number of nitrogens with zero attached hydrogens (tertiary/aromatic N) is 3. The van der Waals surface area contributed by atoms with E-state index in [9.17, 15) is 14.4 Å². The molecular weight excluding hydrogens is 312 g/mol. The predicted octanol–water partition coefficient (Wildman–Crippen LogP) is 0.134. The number of carbonyl (C=O) groups is 3. The van der Waals surface area contributed by atoms with E-state index in [2.05, 4.69) is 5.32 Å². The van der Waals surface area contributed by atoms with Gasteiger partial charge in [0.25, 0.3) is 0 Å². The van der Waals surface area contributed by atoms with Crippen molar-refractivity contribution in [1.29, 1.82) is 0 Å². The van der Waals surface area contributed by atoms with Gasteiger partial charge in [-0.25, -0.2) is 4.79 Å². The Morgan fingerprint density at radius 1 is 1.21 bits per heavy atom. The second-order valence-electron chi connectivity index (χ2n) is 6.22. The van der Waals surface area contributed by atoms with Crippen molar-refractivity contribution in [2.75, 3.05) is 53.4 Å². The molecule has 1 aliphatic heterocycles. The third kappa shape index (κ3) is 6.74. The van der Waals surface area contributed by atoms with E-state index >= 15 is 0 Å². The number of ether oxygens (including phenoxy) is 1. The van der Waals surface area contributed by atoms with Crippen LogP contribution in [0.1, 0.15) is 26.7 Å². The Hall–Kier alpha value is -1.83. The maximum absolute atomic E-state index is 12.0. The summed E-state index contributed by atoms with van der Waals surface area (Å²) in [5, 5.41) is 2.82. The number of piperidine rings is 1. The highest BCUT2D eigenvalue weighted by Gasteiger charge is 2.29. The van der Waals surface area contributed by atoms with Crippen molar-refractivity contribution < 1.29 is 19.1 Å². The molecule has 0 unspecified atom stereocenters. The number of hydrogen-bond acceptors (Lipinski definition) is 5. The number of likely N-dealkylation sites (N-methyl/N-ethyl adjacent to an activating group) is 1. The van der Waals surface area contributed by atoms with E-state index in [1.165, 1.54) is 6.92 Å². The van der Waals surface area contributed by atoms with E-state index in [0.717, 1.165) is 6.54 Å². The summed E-state index contributed by atoms with van der Waals surface area (Å²) in [5.41, 5.74) is 0. The average molecular weight is 342 g/mol. The molecule has 138 valence electrons. The summed E-state index contributed by atoms with van der Waals surface area (Å²) in [6.07, 6.45) is 0.999. The predicted molar refractivity (Wildman–Crippen MR) is 90.6 cm³/mol. The third-order valence-electron chi connectivity index (χ3n) is 4.03. The van der Waals surface area contributed by atoms with E-state index in [1.807, 2.05) is 19.0 Å². The average Bonchev–Trinajstić information content (AvgIpc) is 2.52. The Labute approximate surface area is 144 Å². The van der Waals surface area contributed by atoms with Crippen LogP contribution < -0.4 is 5.32 Å². The maximum Gasteiger partial charge on any atom is 0.409 e. The van der Waals surface area contributed by atoms with E-state index in [1.54, 1.807) is 16.7 Å². The van der Waals surface area contributed by atoms with Crippen LogP contribution in [0.5, 0.6) is 0 Å². The van der Waals surface area contributed by atoms with Crippen molar-refractivity contribution in [2.24, 2.45) is 0 Å². The quantitative estimate of drug-likeness (QED) is 0.711.